The Balaban J connectivity index is 1.87. The van der Waals surface area contributed by atoms with Gasteiger partial charge in [0.05, 0.1) is 10.6 Å². The molecule has 2 aromatic heterocycles. The lowest BCUT2D eigenvalue weighted by atomic mass is 10.2. The smallest absolute Gasteiger partial charge is 0.275 e. The molecule has 0 fully saturated rings. The molecule has 0 atom stereocenters. The van der Waals surface area contributed by atoms with E-state index in [1.54, 1.807) is 18.4 Å². The molecule has 26 heavy (non-hydrogen) atoms. The Morgan fingerprint density at radius 2 is 1.96 bits per heavy atom. The number of carbonyl (C=O) groups is 1. The van der Waals surface area contributed by atoms with Crippen LogP contribution in [0.1, 0.15) is 21.7 Å². The van der Waals surface area contributed by atoms with Gasteiger partial charge in [-0.15, -0.1) is 11.3 Å². The molecule has 0 aliphatic heterocycles. The van der Waals surface area contributed by atoms with Crippen molar-refractivity contribution >= 4 is 33.0 Å². The molecule has 3 aromatic rings. The first-order valence-corrected chi connectivity index (χ1v) is 10.1. The fourth-order valence-electron chi connectivity index (χ4n) is 2.57. The van der Waals surface area contributed by atoms with E-state index in [4.69, 9.17) is 5.14 Å². The van der Waals surface area contributed by atoms with Gasteiger partial charge in [-0.05, 0) is 43.7 Å². The van der Waals surface area contributed by atoms with Crippen LogP contribution in [0.5, 0.6) is 0 Å². The first-order valence-electron chi connectivity index (χ1n) is 7.70. The van der Waals surface area contributed by atoms with Gasteiger partial charge in [0.15, 0.2) is 0 Å². The zero-order valence-corrected chi connectivity index (χ0v) is 16.1. The van der Waals surface area contributed by atoms with Crippen LogP contribution in [0.4, 0.5) is 5.69 Å². The van der Waals surface area contributed by atoms with Crippen molar-refractivity contribution in [3.05, 3.63) is 52.7 Å². The summed E-state index contributed by atoms with van der Waals surface area (Å²) in [5.41, 5.74) is 3.06. The fraction of sp³-hybridized carbons (Fsp3) is 0.176. The molecule has 0 aliphatic rings. The number of benzene rings is 1. The molecule has 2 heterocycles. The van der Waals surface area contributed by atoms with Crippen LogP contribution in [0.15, 0.2) is 40.6 Å². The van der Waals surface area contributed by atoms with Gasteiger partial charge in [-0.2, -0.15) is 0 Å². The zero-order chi connectivity index (χ0) is 19.1. The van der Waals surface area contributed by atoms with E-state index in [1.165, 1.54) is 23.5 Å². The van der Waals surface area contributed by atoms with Crippen molar-refractivity contribution in [2.24, 2.45) is 12.2 Å². The Morgan fingerprint density at radius 1 is 1.23 bits per heavy atom. The lowest BCUT2D eigenvalue weighted by molar-refractivity contribution is 0.102. The van der Waals surface area contributed by atoms with Gasteiger partial charge in [0.2, 0.25) is 10.0 Å². The van der Waals surface area contributed by atoms with Crippen LogP contribution in [0.25, 0.3) is 10.7 Å². The number of aryl methyl sites for hydroxylation is 1. The van der Waals surface area contributed by atoms with Crippen LogP contribution in [-0.2, 0) is 17.1 Å². The van der Waals surface area contributed by atoms with Crippen LogP contribution in [0, 0.1) is 13.8 Å². The number of nitrogens with two attached hydrogens (primary N) is 1. The van der Waals surface area contributed by atoms with E-state index in [0.717, 1.165) is 16.4 Å². The highest BCUT2D eigenvalue weighted by atomic mass is 32.2. The van der Waals surface area contributed by atoms with Crippen LogP contribution >= 0.6 is 11.3 Å². The first kappa shape index (κ1) is 18.3. The maximum atomic E-state index is 12.5. The predicted molar refractivity (Wildman–Crippen MR) is 102 cm³/mol. The molecule has 3 N–H and O–H groups in total. The number of aromatic nitrogens is 2. The Labute approximate surface area is 155 Å². The molecule has 0 saturated carbocycles. The first-order chi connectivity index (χ1) is 12.2. The molecule has 0 spiro atoms. The summed E-state index contributed by atoms with van der Waals surface area (Å²) in [6.45, 7) is 3.58. The minimum Gasteiger partial charge on any atom is -0.346 e. The number of rotatable bonds is 4. The summed E-state index contributed by atoms with van der Waals surface area (Å²) in [4.78, 5) is 16.9. The molecular weight excluding hydrogens is 372 g/mol. The number of sulfonamides is 1. The highest BCUT2D eigenvalue weighted by molar-refractivity contribution is 7.89. The Bertz CT molecular complexity index is 1100. The summed E-state index contributed by atoms with van der Waals surface area (Å²) >= 11 is 1.37. The number of nitrogens with zero attached hydrogens (tertiary/aromatic N) is 2. The lowest BCUT2D eigenvalue weighted by Gasteiger charge is -2.10. The fourth-order valence-corrected chi connectivity index (χ4v) is 4.23. The summed E-state index contributed by atoms with van der Waals surface area (Å²) in [5.74, 6) is -0.409. The molecule has 9 heteroatoms. The Kier molecular flexibility index (Phi) is 4.70. The van der Waals surface area contributed by atoms with E-state index >= 15 is 0 Å². The molecule has 0 radical (unpaired) electrons. The van der Waals surface area contributed by atoms with Crippen molar-refractivity contribution in [3.8, 4) is 10.7 Å². The predicted octanol–water partition coefficient (Wildman–Crippen LogP) is 2.67. The van der Waals surface area contributed by atoms with Crippen molar-refractivity contribution in [1.29, 1.82) is 0 Å². The van der Waals surface area contributed by atoms with Crippen LogP contribution in [0.2, 0.25) is 0 Å². The second-order valence-corrected chi connectivity index (χ2v) is 8.27. The van der Waals surface area contributed by atoms with Crippen molar-refractivity contribution < 1.29 is 13.2 Å². The maximum absolute atomic E-state index is 12.5. The second-order valence-electron chi connectivity index (χ2n) is 5.88. The number of primary sulfonamides is 1. The van der Waals surface area contributed by atoms with E-state index in [-0.39, 0.29) is 10.6 Å². The minimum atomic E-state index is -3.86. The summed E-state index contributed by atoms with van der Waals surface area (Å²) in [6, 6.07) is 8.49. The summed E-state index contributed by atoms with van der Waals surface area (Å²) in [6.07, 6.45) is 0. The van der Waals surface area contributed by atoms with Crippen molar-refractivity contribution in [1.82, 2.24) is 9.55 Å². The van der Waals surface area contributed by atoms with Gasteiger partial charge in [0.25, 0.3) is 5.91 Å². The number of thiazole rings is 1. The number of amides is 1. The number of hydrogen-bond acceptors (Lipinski definition) is 5. The lowest BCUT2D eigenvalue weighted by Crippen LogP contribution is -2.17. The third-order valence-corrected chi connectivity index (χ3v) is 6.09. The monoisotopic (exact) mass is 390 g/mol. The van der Waals surface area contributed by atoms with Gasteiger partial charge in [0.1, 0.15) is 10.7 Å². The van der Waals surface area contributed by atoms with E-state index in [9.17, 15) is 13.2 Å². The number of nitrogens with one attached hydrogen (secondary N) is 1. The van der Waals surface area contributed by atoms with E-state index < -0.39 is 15.9 Å². The molecule has 136 valence electrons. The molecule has 0 saturated heterocycles. The third-order valence-electron chi connectivity index (χ3n) is 4.17. The highest BCUT2D eigenvalue weighted by Gasteiger charge is 2.18. The zero-order valence-electron chi connectivity index (χ0n) is 14.5. The molecule has 0 bridgehead atoms. The number of hydrogen-bond donors (Lipinski definition) is 2. The minimum absolute atomic E-state index is 0.0199. The summed E-state index contributed by atoms with van der Waals surface area (Å²) < 4.78 is 25.2. The highest BCUT2D eigenvalue weighted by Crippen LogP contribution is 2.26. The SMILES string of the molecule is Cc1c(NC(=O)c2csc(-c3ccc(C)n3C)n2)cccc1S(N)(=O)=O. The van der Waals surface area contributed by atoms with Gasteiger partial charge in [-0.1, -0.05) is 6.07 Å². The van der Waals surface area contributed by atoms with Gasteiger partial charge < -0.3 is 9.88 Å². The molecule has 0 aliphatic carbocycles. The van der Waals surface area contributed by atoms with E-state index in [0.29, 0.717) is 11.3 Å². The molecular formula is C17H18N4O3S2. The van der Waals surface area contributed by atoms with Gasteiger partial charge in [-0.25, -0.2) is 18.5 Å². The maximum Gasteiger partial charge on any atom is 0.275 e. The third kappa shape index (κ3) is 3.41. The Hall–Kier alpha value is -2.49. The molecule has 0 unspecified atom stereocenters. The van der Waals surface area contributed by atoms with Gasteiger partial charge >= 0.3 is 0 Å². The Morgan fingerprint density at radius 3 is 2.58 bits per heavy atom. The normalized spacial score (nSPS) is 11.5. The largest absolute Gasteiger partial charge is 0.346 e. The topological polar surface area (TPSA) is 107 Å². The van der Waals surface area contributed by atoms with E-state index in [1.807, 2.05) is 30.7 Å². The average Bonchev–Trinajstić information content (AvgIpc) is 3.16. The van der Waals surface area contributed by atoms with Crippen molar-refractivity contribution in [3.63, 3.8) is 0 Å². The second kappa shape index (κ2) is 6.67. The average molecular weight is 390 g/mol. The molecule has 1 amide bonds. The van der Waals surface area contributed by atoms with E-state index in [2.05, 4.69) is 10.3 Å². The quantitative estimate of drug-likeness (QED) is 0.714. The standard InChI is InChI=1S/C17H18N4O3S2/c1-10-7-8-14(21(10)3)17-20-13(9-25-17)16(22)19-12-5-4-6-15(11(12)2)26(18,23)24/h4-9H,1-3H3,(H,19,22)(H2,18,23,24). The summed E-state index contributed by atoms with van der Waals surface area (Å²) in [7, 11) is -1.92. The van der Waals surface area contributed by atoms with Gasteiger partial charge in [0, 0.05) is 23.8 Å². The van der Waals surface area contributed by atoms with Crippen LogP contribution in [0.3, 0.4) is 0 Å². The molecule has 7 nitrogen and oxygen atoms in total. The summed E-state index contributed by atoms with van der Waals surface area (Å²) in [5, 5.41) is 10.3. The van der Waals surface area contributed by atoms with Crippen LogP contribution in [-0.4, -0.2) is 23.9 Å². The number of carbonyl (C=O) groups excluding carboxylic acids is 1. The van der Waals surface area contributed by atoms with Crippen molar-refractivity contribution in [2.45, 2.75) is 18.7 Å². The molecule has 3 rings (SSSR count). The molecule has 1 aromatic carbocycles. The van der Waals surface area contributed by atoms with Crippen LogP contribution < -0.4 is 10.5 Å². The van der Waals surface area contributed by atoms with Gasteiger partial charge in [-0.3, -0.25) is 4.79 Å². The van der Waals surface area contributed by atoms with Crippen molar-refractivity contribution in [2.75, 3.05) is 5.32 Å². The number of anilines is 1.